The summed E-state index contributed by atoms with van der Waals surface area (Å²) in [6, 6.07) is 0. The monoisotopic (exact) mass is 158 g/mol. The maximum Gasteiger partial charge on any atom is 0.335 e. The minimum atomic E-state index is -0.333. The van der Waals surface area contributed by atoms with Gasteiger partial charge in [-0.15, -0.1) is 6.58 Å². The Bertz CT molecular complexity index is 196. The molecule has 0 bridgehead atoms. The molecule has 0 spiro atoms. The Morgan fingerprint density at radius 3 is 2.90 bits per heavy atom. The standard InChI is InChI=1S/C7H7ClO2/c1-2-5-4-10-7(9)6(5)3-8/h2-3,5H,1,4H2/b6-3+. The predicted molar refractivity (Wildman–Crippen MR) is 38.6 cm³/mol. The molecule has 0 amide bonds. The first kappa shape index (κ1) is 7.35. The van der Waals surface area contributed by atoms with E-state index in [1.165, 1.54) is 5.54 Å². The van der Waals surface area contributed by atoms with Crippen LogP contribution in [0.3, 0.4) is 0 Å². The summed E-state index contributed by atoms with van der Waals surface area (Å²) in [6.45, 7) is 3.92. The minimum Gasteiger partial charge on any atom is -0.461 e. The normalized spacial score (nSPS) is 28.7. The molecule has 54 valence electrons. The van der Waals surface area contributed by atoms with E-state index in [4.69, 9.17) is 16.3 Å². The van der Waals surface area contributed by atoms with Crippen molar-refractivity contribution in [2.24, 2.45) is 5.92 Å². The first-order valence-electron chi connectivity index (χ1n) is 2.89. The predicted octanol–water partition coefficient (Wildman–Crippen LogP) is 1.47. The first-order chi connectivity index (χ1) is 4.79. The second kappa shape index (κ2) is 2.88. The molecule has 1 heterocycles. The fourth-order valence-corrected chi connectivity index (χ4v) is 1.06. The maximum absolute atomic E-state index is 10.8. The molecule has 1 unspecified atom stereocenters. The van der Waals surface area contributed by atoms with Crippen LogP contribution in [-0.2, 0) is 9.53 Å². The molecule has 1 aliphatic rings. The zero-order valence-electron chi connectivity index (χ0n) is 5.34. The highest BCUT2D eigenvalue weighted by atomic mass is 35.5. The SMILES string of the molecule is C=CC1COC(=O)/C1=C/Cl. The van der Waals surface area contributed by atoms with Crippen LogP contribution in [0, 0.1) is 5.92 Å². The number of ether oxygens (including phenoxy) is 1. The summed E-state index contributed by atoms with van der Waals surface area (Å²) >= 11 is 5.37. The highest BCUT2D eigenvalue weighted by molar-refractivity contribution is 6.27. The number of rotatable bonds is 1. The van der Waals surface area contributed by atoms with Gasteiger partial charge in [-0.05, 0) is 0 Å². The first-order valence-corrected chi connectivity index (χ1v) is 3.33. The topological polar surface area (TPSA) is 26.3 Å². The average molecular weight is 159 g/mol. The van der Waals surface area contributed by atoms with Crippen LogP contribution in [0.5, 0.6) is 0 Å². The number of hydrogen-bond acceptors (Lipinski definition) is 2. The smallest absolute Gasteiger partial charge is 0.335 e. The Kier molecular flexibility index (Phi) is 2.12. The van der Waals surface area contributed by atoms with E-state index >= 15 is 0 Å². The highest BCUT2D eigenvalue weighted by Gasteiger charge is 2.27. The van der Waals surface area contributed by atoms with Gasteiger partial charge in [0.25, 0.3) is 0 Å². The van der Waals surface area contributed by atoms with E-state index in [0.29, 0.717) is 12.2 Å². The molecule has 0 aliphatic carbocycles. The summed E-state index contributed by atoms with van der Waals surface area (Å²) in [5, 5.41) is 0. The highest BCUT2D eigenvalue weighted by Crippen LogP contribution is 2.22. The van der Waals surface area contributed by atoms with Gasteiger partial charge in [0, 0.05) is 11.5 Å². The van der Waals surface area contributed by atoms with Gasteiger partial charge in [0.2, 0.25) is 0 Å². The van der Waals surface area contributed by atoms with E-state index in [-0.39, 0.29) is 11.9 Å². The van der Waals surface area contributed by atoms with Crippen LogP contribution >= 0.6 is 11.6 Å². The Labute approximate surface area is 64.1 Å². The van der Waals surface area contributed by atoms with Gasteiger partial charge < -0.3 is 4.74 Å². The Morgan fingerprint density at radius 2 is 2.50 bits per heavy atom. The molecule has 0 radical (unpaired) electrons. The van der Waals surface area contributed by atoms with Gasteiger partial charge in [-0.2, -0.15) is 0 Å². The summed E-state index contributed by atoms with van der Waals surface area (Å²) in [5.41, 5.74) is 1.75. The van der Waals surface area contributed by atoms with E-state index < -0.39 is 0 Å². The molecule has 0 aromatic heterocycles. The summed E-state index contributed by atoms with van der Waals surface area (Å²) in [5.74, 6) is -0.357. The molecule has 1 saturated heterocycles. The van der Waals surface area contributed by atoms with Crippen LogP contribution in [0.4, 0.5) is 0 Å². The lowest BCUT2D eigenvalue weighted by atomic mass is 10.1. The molecule has 0 aromatic rings. The van der Waals surface area contributed by atoms with Crippen LogP contribution in [0.2, 0.25) is 0 Å². The van der Waals surface area contributed by atoms with E-state index in [0.717, 1.165) is 0 Å². The minimum absolute atomic E-state index is 0.0231. The van der Waals surface area contributed by atoms with Crippen molar-refractivity contribution >= 4 is 17.6 Å². The molecule has 1 rings (SSSR count). The number of esters is 1. The van der Waals surface area contributed by atoms with Crippen molar-refractivity contribution in [2.45, 2.75) is 0 Å². The van der Waals surface area contributed by atoms with Gasteiger partial charge in [-0.3, -0.25) is 0 Å². The van der Waals surface area contributed by atoms with Crippen LogP contribution in [0.1, 0.15) is 0 Å². The molecule has 1 fully saturated rings. The second-order valence-electron chi connectivity index (χ2n) is 2.01. The van der Waals surface area contributed by atoms with Crippen LogP contribution in [0.15, 0.2) is 23.8 Å². The zero-order valence-corrected chi connectivity index (χ0v) is 6.10. The van der Waals surface area contributed by atoms with Crippen LogP contribution < -0.4 is 0 Å². The van der Waals surface area contributed by atoms with Crippen molar-refractivity contribution < 1.29 is 9.53 Å². The Balaban J connectivity index is 2.82. The summed E-state index contributed by atoms with van der Waals surface area (Å²) in [6.07, 6.45) is 1.65. The van der Waals surface area contributed by atoms with Gasteiger partial charge in [0.1, 0.15) is 6.61 Å². The molecular weight excluding hydrogens is 152 g/mol. The zero-order chi connectivity index (χ0) is 7.56. The summed E-state index contributed by atoms with van der Waals surface area (Å²) < 4.78 is 4.70. The van der Waals surface area contributed by atoms with Crippen molar-refractivity contribution in [3.8, 4) is 0 Å². The fraction of sp³-hybridized carbons (Fsp3) is 0.286. The van der Waals surface area contributed by atoms with E-state index in [1.54, 1.807) is 6.08 Å². The van der Waals surface area contributed by atoms with E-state index in [9.17, 15) is 4.79 Å². The quantitative estimate of drug-likeness (QED) is 0.328. The van der Waals surface area contributed by atoms with Gasteiger partial charge in [-0.25, -0.2) is 4.79 Å². The van der Waals surface area contributed by atoms with Gasteiger partial charge in [-0.1, -0.05) is 17.7 Å². The molecule has 0 saturated carbocycles. The maximum atomic E-state index is 10.8. The molecular formula is C7H7ClO2. The summed E-state index contributed by atoms with van der Waals surface area (Å²) in [7, 11) is 0. The van der Waals surface area contributed by atoms with Crippen molar-refractivity contribution in [3.05, 3.63) is 23.8 Å². The Hall–Kier alpha value is -0.760. The van der Waals surface area contributed by atoms with Crippen LogP contribution in [-0.4, -0.2) is 12.6 Å². The number of carbonyl (C=O) groups is 1. The van der Waals surface area contributed by atoms with E-state index in [2.05, 4.69) is 6.58 Å². The molecule has 0 N–H and O–H groups in total. The molecule has 10 heavy (non-hydrogen) atoms. The van der Waals surface area contributed by atoms with Crippen molar-refractivity contribution in [3.63, 3.8) is 0 Å². The third kappa shape index (κ3) is 1.07. The Morgan fingerprint density at radius 1 is 1.80 bits per heavy atom. The molecule has 1 atom stereocenters. The molecule has 3 heteroatoms. The second-order valence-corrected chi connectivity index (χ2v) is 2.22. The van der Waals surface area contributed by atoms with E-state index in [1.807, 2.05) is 0 Å². The number of cyclic esters (lactones) is 1. The number of hydrogen-bond donors (Lipinski definition) is 0. The van der Waals surface area contributed by atoms with Gasteiger partial charge in [0.15, 0.2) is 0 Å². The lowest BCUT2D eigenvalue weighted by Gasteiger charge is -1.95. The number of carbonyl (C=O) groups excluding carboxylic acids is 1. The lowest BCUT2D eigenvalue weighted by molar-refractivity contribution is -0.135. The summed E-state index contributed by atoms with van der Waals surface area (Å²) in [4.78, 5) is 10.8. The third-order valence-corrected chi connectivity index (χ3v) is 1.67. The van der Waals surface area contributed by atoms with Crippen molar-refractivity contribution in [1.29, 1.82) is 0 Å². The van der Waals surface area contributed by atoms with Crippen LogP contribution in [0.25, 0.3) is 0 Å². The molecule has 0 aromatic carbocycles. The van der Waals surface area contributed by atoms with Crippen molar-refractivity contribution in [1.82, 2.24) is 0 Å². The van der Waals surface area contributed by atoms with Gasteiger partial charge >= 0.3 is 5.97 Å². The molecule has 1 aliphatic heterocycles. The fourth-order valence-electron chi connectivity index (χ4n) is 0.810. The largest absolute Gasteiger partial charge is 0.461 e. The van der Waals surface area contributed by atoms with Gasteiger partial charge in [0.05, 0.1) is 5.57 Å². The number of halogens is 1. The lowest BCUT2D eigenvalue weighted by Crippen LogP contribution is -1.98. The van der Waals surface area contributed by atoms with Crippen molar-refractivity contribution in [2.75, 3.05) is 6.61 Å². The average Bonchev–Trinajstić information content (AvgIpc) is 2.30. The molecule has 2 nitrogen and oxygen atoms in total. The third-order valence-electron chi connectivity index (χ3n) is 1.43.